The molecule has 1 rings (SSSR count). The van der Waals surface area contributed by atoms with Crippen molar-refractivity contribution in [3.63, 3.8) is 0 Å². The molecule has 1 aromatic carbocycles. The molecule has 0 saturated heterocycles. The Labute approximate surface area is 117 Å². The Kier molecular flexibility index (Phi) is 6.62. The minimum absolute atomic E-state index is 0.512. The fraction of sp³-hybridized carbons (Fsp3) is 0.625. The van der Waals surface area contributed by atoms with Gasteiger partial charge in [0.1, 0.15) is 5.75 Å². The predicted molar refractivity (Wildman–Crippen MR) is 82.8 cm³/mol. The van der Waals surface area contributed by atoms with E-state index >= 15 is 0 Å². The van der Waals surface area contributed by atoms with Crippen LogP contribution in [0.1, 0.15) is 45.6 Å². The molecule has 0 fully saturated rings. The number of ether oxygens (including phenoxy) is 1. The van der Waals surface area contributed by atoms with Crippen LogP contribution in [-0.2, 0) is 0 Å². The van der Waals surface area contributed by atoms with E-state index in [0.717, 1.165) is 24.5 Å². The quantitative estimate of drug-likeness (QED) is 0.699. The Morgan fingerprint density at radius 2 is 1.83 bits per heavy atom. The highest BCUT2D eigenvalue weighted by atomic mass is 32.1. The van der Waals surface area contributed by atoms with Gasteiger partial charge in [-0.3, -0.25) is 0 Å². The normalized spacial score (nSPS) is 14.6. The van der Waals surface area contributed by atoms with Crippen molar-refractivity contribution in [1.82, 2.24) is 0 Å². The molecule has 0 aliphatic rings. The highest BCUT2D eigenvalue weighted by Gasteiger charge is 2.14. The first-order chi connectivity index (χ1) is 8.60. The summed E-state index contributed by atoms with van der Waals surface area (Å²) in [6, 6.07) is 8.39. The number of para-hydroxylation sites is 1. The number of hydrogen-bond donors (Lipinski definition) is 1. The minimum Gasteiger partial charge on any atom is -0.493 e. The monoisotopic (exact) mass is 266 g/mol. The Hall–Kier alpha value is -0.630. The summed E-state index contributed by atoms with van der Waals surface area (Å²) in [5.74, 6) is 3.59. The summed E-state index contributed by atoms with van der Waals surface area (Å²) in [6.45, 7) is 9.68. The van der Waals surface area contributed by atoms with E-state index in [4.69, 9.17) is 4.74 Å². The van der Waals surface area contributed by atoms with Crippen LogP contribution in [0.4, 0.5) is 0 Å². The molecule has 0 aromatic heterocycles. The molecule has 0 spiro atoms. The van der Waals surface area contributed by atoms with Crippen LogP contribution in [0.5, 0.6) is 5.75 Å². The van der Waals surface area contributed by atoms with Crippen LogP contribution in [-0.4, -0.2) is 12.4 Å². The van der Waals surface area contributed by atoms with E-state index < -0.39 is 0 Å². The lowest BCUT2D eigenvalue weighted by molar-refractivity contribution is 0.224. The standard InChI is InChI=1S/C16H26OS/c1-5-13(4)15-8-6-7-9-16(15)17-10-14(11-18)12(2)3/h6-9,12-14,18H,5,10-11H2,1-4H3. The molecular weight excluding hydrogens is 240 g/mol. The number of rotatable bonds is 7. The fourth-order valence-electron chi connectivity index (χ4n) is 1.89. The maximum Gasteiger partial charge on any atom is 0.122 e. The zero-order valence-corrected chi connectivity index (χ0v) is 12.9. The van der Waals surface area contributed by atoms with E-state index in [1.54, 1.807) is 0 Å². The van der Waals surface area contributed by atoms with Crippen LogP contribution in [0, 0.1) is 11.8 Å². The molecule has 0 bridgehead atoms. The smallest absolute Gasteiger partial charge is 0.122 e. The third-order valence-corrected chi connectivity index (χ3v) is 4.16. The molecule has 2 heteroatoms. The van der Waals surface area contributed by atoms with E-state index in [2.05, 4.69) is 58.5 Å². The molecule has 1 aromatic rings. The van der Waals surface area contributed by atoms with Crippen LogP contribution in [0.25, 0.3) is 0 Å². The van der Waals surface area contributed by atoms with Gasteiger partial charge in [0.15, 0.2) is 0 Å². The average Bonchev–Trinajstić information content (AvgIpc) is 2.38. The lowest BCUT2D eigenvalue weighted by Crippen LogP contribution is -2.20. The number of hydrogen-bond acceptors (Lipinski definition) is 2. The third-order valence-electron chi connectivity index (χ3n) is 3.69. The van der Waals surface area contributed by atoms with Gasteiger partial charge in [0.2, 0.25) is 0 Å². The summed E-state index contributed by atoms with van der Waals surface area (Å²) in [5, 5.41) is 0. The second-order valence-corrected chi connectivity index (χ2v) is 5.71. The Balaban J connectivity index is 2.72. The molecule has 1 nitrogen and oxygen atoms in total. The van der Waals surface area contributed by atoms with Crippen molar-refractivity contribution < 1.29 is 4.74 Å². The summed E-state index contributed by atoms with van der Waals surface area (Å²) in [6.07, 6.45) is 1.14. The molecule has 18 heavy (non-hydrogen) atoms. The van der Waals surface area contributed by atoms with Crippen molar-refractivity contribution in [3.8, 4) is 5.75 Å². The highest BCUT2D eigenvalue weighted by Crippen LogP contribution is 2.29. The van der Waals surface area contributed by atoms with E-state index in [1.165, 1.54) is 5.56 Å². The Bertz CT molecular complexity index is 349. The SMILES string of the molecule is CCC(C)c1ccccc1OCC(CS)C(C)C. The first-order valence-electron chi connectivity index (χ1n) is 6.92. The van der Waals surface area contributed by atoms with E-state index in [9.17, 15) is 0 Å². The van der Waals surface area contributed by atoms with E-state index in [0.29, 0.717) is 17.8 Å². The average molecular weight is 266 g/mol. The molecule has 2 unspecified atom stereocenters. The van der Waals surface area contributed by atoms with Gasteiger partial charge in [-0.2, -0.15) is 12.6 Å². The summed E-state index contributed by atoms with van der Waals surface area (Å²) < 4.78 is 6.03. The van der Waals surface area contributed by atoms with Gasteiger partial charge in [-0.15, -0.1) is 0 Å². The Morgan fingerprint density at radius 3 is 2.39 bits per heavy atom. The number of thiol groups is 1. The van der Waals surface area contributed by atoms with Crippen molar-refractivity contribution in [2.45, 2.75) is 40.0 Å². The maximum atomic E-state index is 6.03. The van der Waals surface area contributed by atoms with Gasteiger partial charge in [0, 0.05) is 5.92 Å². The molecule has 0 saturated carbocycles. The largest absolute Gasteiger partial charge is 0.493 e. The van der Waals surface area contributed by atoms with Gasteiger partial charge in [0.25, 0.3) is 0 Å². The van der Waals surface area contributed by atoms with Gasteiger partial charge in [-0.25, -0.2) is 0 Å². The second kappa shape index (κ2) is 7.73. The molecule has 0 aliphatic carbocycles. The van der Waals surface area contributed by atoms with Crippen molar-refractivity contribution in [2.24, 2.45) is 11.8 Å². The van der Waals surface area contributed by atoms with E-state index in [1.807, 2.05) is 6.07 Å². The van der Waals surface area contributed by atoms with E-state index in [-0.39, 0.29) is 0 Å². The van der Waals surface area contributed by atoms with Crippen molar-refractivity contribution in [1.29, 1.82) is 0 Å². The van der Waals surface area contributed by atoms with Crippen molar-refractivity contribution in [2.75, 3.05) is 12.4 Å². The van der Waals surface area contributed by atoms with Crippen molar-refractivity contribution >= 4 is 12.6 Å². The Morgan fingerprint density at radius 1 is 1.17 bits per heavy atom. The molecule has 0 radical (unpaired) electrons. The highest BCUT2D eigenvalue weighted by molar-refractivity contribution is 7.80. The zero-order chi connectivity index (χ0) is 13.5. The summed E-state index contributed by atoms with van der Waals surface area (Å²) in [5.41, 5.74) is 1.32. The minimum atomic E-state index is 0.512. The zero-order valence-electron chi connectivity index (χ0n) is 12.0. The summed E-state index contributed by atoms with van der Waals surface area (Å²) in [7, 11) is 0. The molecule has 2 atom stereocenters. The molecule has 102 valence electrons. The lowest BCUT2D eigenvalue weighted by atomic mass is 9.97. The topological polar surface area (TPSA) is 9.23 Å². The van der Waals surface area contributed by atoms with Crippen LogP contribution in [0.15, 0.2) is 24.3 Å². The van der Waals surface area contributed by atoms with Crippen LogP contribution >= 0.6 is 12.6 Å². The lowest BCUT2D eigenvalue weighted by Gasteiger charge is -2.21. The third kappa shape index (κ3) is 4.24. The molecular formula is C16H26OS. The first-order valence-corrected chi connectivity index (χ1v) is 7.55. The van der Waals surface area contributed by atoms with Crippen LogP contribution in [0.3, 0.4) is 0 Å². The summed E-state index contributed by atoms with van der Waals surface area (Å²) in [4.78, 5) is 0. The van der Waals surface area contributed by atoms with Gasteiger partial charge < -0.3 is 4.74 Å². The second-order valence-electron chi connectivity index (χ2n) is 5.34. The predicted octanol–water partition coefficient (Wildman–Crippen LogP) is 4.78. The van der Waals surface area contributed by atoms with Crippen LogP contribution in [0.2, 0.25) is 0 Å². The molecule has 0 aliphatic heterocycles. The van der Waals surface area contributed by atoms with Gasteiger partial charge in [-0.1, -0.05) is 45.9 Å². The molecule has 0 amide bonds. The van der Waals surface area contributed by atoms with Gasteiger partial charge in [0.05, 0.1) is 6.61 Å². The number of benzene rings is 1. The van der Waals surface area contributed by atoms with Gasteiger partial charge in [-0.05, 0) is 35.6 Å². The summed E-state index contributed by atoms with van der Waals surface area (Å²) >= 11 is 4.41. The van der Waals surface area contributed by atoms with Crippen molar-refractivity contribution in [3.05, 3.63) is 29.8 Å². The maximum absolute atomic E-state index is 6.03. The fourth-order valence-corrected chi connectivity index (χ4v) is 2.42. The van der Waals surface area contributed by atoms with Crippen LogP contribution < -0.4 is 4.74 Å². The molecule has 0 N–H and O–H groups in total. The van der Waals surface area contributed by atoms with Gasteiger partial charge >= 0.3 is 0 Å². The molecule has 0 heterocycles. The first kappa shape index (κ1) is 15.4.